The van der Waals surface area contributed by atoms with Crippen molar-refractivity contribution in [2.24, 2.45) is 0 Å². The summed E-state index contributed by atoms with van der Waals surface area (Å²) in [5.74, 6) is -0.120. The van der Waals surface area contributed by atoms with E-state index >= 15 is 0 Å². The quantitative estimate of drug-likeness (QED) is 0.881. The summed E-state index contributed by atoms with van der Waals surface area (Å²) in [7, 11) is -3.57. The summed E-state index contributed by atoms with van der Waals surface area (Å²) in [4.78, 5) is 12.8. The minimum absolute atomic E-state index is 0.120. The van der Waals surface area contributed by atoms with E-state index in [-0.39, 0.29) is 10.1 Å². The van der Waals surface area contributed by atoms with E-state index in [1.165, 1.54) is 11.3 Å². The number of carbonyl (C=O) groups excluding carboxylic acids is 1. The van der Waals surface area contributed by atoms with E-state index in [1.807, 2.05) is 6.92 Å². The highest BCUT2D eigenvalue weighted by Crippen LogP contribution is 2.24. The van der Waals surface area contributed by atoms with Crippen LogP contribution in [0.1, 0.15) is 28.1 Å². The average molecular weight is 336 g/mol. The molecule has 0 atom stereocenters. The summed E-state index contributed by atoms with van der Waals surface area (Å²) in [5.41, 5.74) is 0.968. The summed E-state index contributed by atoms with van der Waals surface area (Å²) >= 11 is 1.22. The number of hydrogen-bond donors (Lipinski definition) is 2. The molecule has 7 heteroatoms. The van der Waals surface area contributed by atoms with Gasteiger partial charge in [0.15, 0.2) is 0 Å². The van der Waals surface area contributed by atoms with Gasteiger partial charge in [-0.15, -0.1) is 11.3 Å². The number of benzene rings is 1. The third kappa shape index (κ3) is 3.48. The van der Waals surface area contributed by atoms with Crippen LogP contribution in [0, 0.1) is 6.92 Å². The van der Waals surface area contributed by atoms with Crippen LogP contribution in [-0.4, -0.2) is 20.4 Å². The van der Waals surface area contributed by atoms with Gasteiger partial charge in [0.25, 0.3) is 15.9 Å². The molecule has 0 saturated heterocycles. The molecule has 1 saturated carbocycles. The summed E-state index contributed by atoms with van der Waals surface area (Å²) in [6, 6.07) is 10.1. The van der Waals surface area contributed by atoms with Crippen molar-refractivity contribution >= 4 is 33.0 Å². The number of anilines is 1. The Bertz CT molecular complexity index is 790. The van der Waals surface area contributed by atoms with Gasteiger partial charge in [-0.05, 0) is 56.2 Å². The van der Waals surface area contributed by atoms with Gasteiger partial charge in [0.1, 0.15) is 4.21 Å². The molecule has 22 heavy (non-hydrogen) atoms. The number of sulfonamides is 1. The van der Waals surface area contributed by atoms with Gasteiger partial charge in [0.2, 0.25) is 0 Å². The Morgan fingerprint density at radius 2 is 1.82 bits per heavy atom. The molecule has 0 radical (unpaired) electrons. The number of carbonyl (C=O) groups is 1. The Morgan fingerprint density at radius 1 is 1.14 bits per heavy atom. The molecule has 1 aliphatic rings. The maximum atomic E-state index is 12.2. The highest BCUT2D eigenvalue weighted by atomic mass is 32.2. The summed E-state index contributed by atoms with van der Waals surface area (Å²) < 4.78 is 27.2. The van der Waals surface area contributed by atoms with Crippen LogP contribution in [0.15, 0.2) is 40.6 Å². The Labute approximate surface area is 133 Å². The van der Waals surface area contributed by atoms with Crippen molar-refractivity contribution in [1.29, 1.82) is 0 Å². The van der Waals surface area contributed by atoms with Crippen LogP contribution in [0.2, 0.25) is 0 Å². The first kappa shape index (κ1) is 15.1. The van der Waals surface area contributed by atoms with Crippen molar-refractivity contribution in [3.8, 4) is 0 Å². The molecule has 0 bridgehead atoms. The molecule has 1 heterocycles. The van der Waals surface area contributed by atoms with E-state index in [0.29, 0.717) is 17.3 Å². The normalized spacial score (nSPS) is 14.6. The van der Waals surface area contributed by atoms with Crippen LogP contribution >= 0.6 is 11.3 Å². The maximum absolute atomic E-state index is 12.2. The highest BCUT2D eigenvalue weighted by Gasteiger charge is 2.23. The molecule has 0 spiro atoms. The lowest BCUT2D eigenvalue weighted by atomic mass is 10.2. The molecule has 2 N–H and O–H groups in total. The number of nitrogens with one attached hydrogen (secondary N) is 2. The molecule has 1 amide bonds. The maximum Gasteiger partial charge on any atom is 0.271 e. The lowest BCUT2D eigenvalue weighted by molar-refractivity contribution is 0.0951. The van der Waals surface area contributed by atoms with E-state index in [4.69, 9.17) is 0 Å². The molecule has 3 rings (SSSR count). The largest absolute Gasteiger partial charge is 0.349 e. The first-order valence-corrected chi connectivity index (χ1v) is 9.24. The van der Waals surface area contributed by atoms with Crippen LogP contribution < -0.4 is 10.0 Å². The lowest BCUT2D eigenvalue weighted by Gasteiger charge is -2.07. The Morgan fingerprint density at radius 3 is 2.36 bits per heavy atom. The first-order valence-electron chi connectivity index (χ1n) is 6.94. The van der Waals surface area contributed by atoms with Gasteiger partial charge in [-0.2, -0.15) is 0 Å². The third-order valence-electron chi connectivity index (χ3n) is 3.29. The second-order valence-electron chi connectivity index (χ2n) is 5.30. The number of amides is 1. The fraction of sp³-hybridized carbons (Fsp3) is 0.267. The van der Waals surface area contributed by atoms with Gasteiger partial charge >= 0.3 is 0 Å². The topological polar surface area (TPSA) is 75.3 Å². The monoisotopic (exact) mass is 336 g/mol. The minimum atomic E-state index is -3.57. The van der Waals surface area contributed by atoms with E-state index in [0.717, 1.165) is 17.7 Å². The van der Waals surface area contributed by atoms with Gasteiger partial charge in [-0.3, -0.25) is 9.52 Å². The molecule has 0 aliphatic heterocycles. The molecule has 1 fully saturated rings. The molecule has 116 valence electrons. The van der Waals surface area contributed by atoms with Crippen LogP contribution in [0.4, 0.5) is 5.69 Å². The fourth-order valence-corrected chi connectivity index (χ4v) is 4.29. The summed E-state index contributed by atoms with van der Waals surface area (Å²) in [6.07, 6.45) is 2.06. The molecule has 1 aromatic heterocycles. The second kappa shape index (κ2) is 5.73. The SMILES string of the molecule is Cc1ccc(S(=O)(=O)Nc2ccc(C(=O)NC3CC3)cc2)s1. The average Bonchev–Trinajstić information content (AvgIpc) is 3.16. The van der Waals surface area contributed by atoms with Crippen molar-refractivity contribution in [3.63, 3.8) is 0 Å². The molecule has 1 aromatic carbocycles. The van der Waals surface area contributed by atoms with Crippen LogP contribution in [0.3, 0.4) is 0 Å². The van der Waals surface area contributed by atoms with Gasteiger partial charge < -0.3 is 5.32 Å². The van der Waals surface area contributed by atoms with Crippen LogP contribution in [0.5, 0.6) is 0 Å². The summed E-state index contributed by atoms with van der Waals surface area (Å²) in [6.45, 7) is 1.86. The second-order valence-corrected chi connectivity index (χ2v) is 8.49. The molecule has 2 aromatic rings. The van der Waals surface area contributed by atoms with E-state index in [9.17, 15) is 13.2 Å². The van der Waals surface area contributed by atoms with E-state index in [2.05, 4.69) is 10.0 Å². The standard InChI is InChI=1S/C15H16N2O3S2/c1-10-2-9-14(21-10)22(19,20)17-13-5-3-11(4-6-13)15(18)16-12-7-8-12/h2-6,9,12,17H,7-8H2,1H3,(H,16,18). The lowest BCUT2D eigenvalue weighted by Crippen LogP contribution is -2.25. The highest BCUT2D eigenvalue weighted by molar-refractivity contribution is 7.94. The third-order valence-corrected chi connectivity index (χ3v) is 6.17. The van der Waals surface area contributed by atoms with Crippen LogP contribution in [-0.2, 0) is 10.0 Å². The minimum Gasteiger partial charge on any atom is -0.349 e. The van der Waals surface area contributed by atoms with Gasteiger partial charge in [0, 0.05) is 22.2 Å². The van der Waals surface area contributed by atoms with E-state index < -0.39 is 10.0 Å². The van der Waals surface area contributed by atoms with Crippen LogP contribution in [0.25, 0.3) is 0 Å². The zero-order valence-corrected chi connectivity index (χ0v) is 13.6. The smallest absolute Gasteiger partial charge is 0.271 e. The number of rotatable bonds is 5. The molecular formula is C15H16N2O3S2. The predicted octanol–water partition coefficient (Wildman–Crippen LogP) is 2.75. The predicted molar refractivity (Wildman–Crippen MR) is 86.8 cm³/mol. The molecular weight excluding hydrogens is 320 g/mol. The Kier molecular flexibility index (Phi) is 3.92. The number of aryl methyl sites for hydroxylation is 1. The van der Waals surface area contributed by atoms with Crippen molar-refractivity contribution in [1.82, 2.24) is 5.32 Å². The van der Waals surface area contributed by atoms with Gasteiger partial charge in [-0.1, -0.05) is 0 Å². The molecule has 1 aliphatic carbocycles. The van der Waals surface area contributed by atoms with Crippen molar-refractivity contribution in [2.45, 2.75) is 30.0 Å². The van der Waals surface area contributed by atoms with Crippen molar-refractivity contribution < 1.29 is 13.2 Å². The van der Waals surface area contributed by atoms with Crippen molar-refractivity contribution in [2.75, 3.05) is 4.72 Å². The number of hydrogen-bond acceptors (Lipinski definition) is 4. The molecule has 0 unspecified atom stereocenters. The number of thiophene rings is 1. The summed E-state index contributed by atoms with van der Waals surface area (Å²) in [5, 5.41) is 2.89. The fourth-order valence-electron chi connectivity index (χ4n) is 1.95. The van der Waals surface area contributed by atoms with Gasteiger partial charge in [0.05, 0.1) is 0 Å². The van der Waals surface area contributed by atoms with E-state index in [1.54, 1.807) is 36.4 Å². The van der Waals surface area contributed by atoms with Gasteiger partial charge in [-0.25, -0.2) is 8.42 Å². The zero-order valence-electron chi connectivity index (χ0n) is 12.0. The first-order chi connectivity index (χ1) is 10.4. The Balaban J connectivity index is 1.71. The zero-order chi connectivity index (χ0) is 15.7. The molecule has 5 nitrogen and oxygen atoms in total. The van der Waals surface area contributed by atoms with Crippen molar-refractivity contribution in [3.05, 3.63) is 46.8 Å². The Hall–Kier alpha value is -1.86.